The Labute approximate surface area is 148 Å². The number of fused-ring (bicyclic) bond motifs is 1. The molecule has 0 atom stereocenters. The van der Waals surface area contributed by atoms with Gasteiger partial charge in [0.1, 0.15) is 0 Å². The molecule has 0 saturated carbocycles. The minimum absolute atomic E-state index is 0.0592. The van der Waals surface area contributed by atoms with Gasteiger partial charge in [0.2, 0.25) is 5.91 Å². The van der Waals surface area contributed by atoms with Crippen LogP contribution in [-0.2, 0) is 11.2 Å². The van der Waals surface area contributed by atoms with Gasteiger partial charge in [-0.15, -0.1) is 0 Å². The van der Waals surface area contributed by atoms with E-state index in [1.165, 1.54) is 5.56 Å². The molecule has 0 unspecified atom stereocenters. The molecule has 0 aliphatic carbocycles. The van der Waals surface area contributed by atoms with Crippen LogP contribution in [0.25, 0.3) is 0 Å². The molecule has 0 aromatic heterocycles. The van der Waals surface area contributed by atoms with E-state index in [1.807, 2.05) is 26.0 Å². The van der Waals surface area contributed by atoms with Gasteiger partial charge in [0, 0.05) is 29.5 Å². The van der Waals surface area contributed by atoms with Crippen molar-refractivity contribution in [3.05, 3.63) is 59.7 Å². The molecular weight excluding hydrogens is 314 g/mol. The summed E-state index contributed by atoms with van der Waals surface area (Å²) in [4.78, 5) is 26.3. The Hall–Kier alpha value is -2.82. The zero-order valence-electron chi connectivity index (χ0n) is 14.6. The van der Waals surface area contributed by atoms with Crippen LogP contribution >= 0.6 is 0 Å². The van der Waals surface area contributed by atoms with Crippen LogP contribution in [0.3, 0.4) is 0 Å². The molecule has 2 N–H and O–H groups in total. The maximum absolute atomic E-state index is 12.3. The first-order valence-electron chi connectivity index (χ1n) is 8.56. The number of rotatable bonds is 5. The summed E-state index contributed by atoms with van der Waals surface area (Å²) in [7, 11) is 0. The lowest BCUT2D eigenvalue weighted by Crippen LogP contribution is -2.32. The van der Waals surface area contributed by atoms with Crippen LogP contribution in [0.1, 0.15) is 29.8 Å². The van der Waals surface area contributed by atoms with E-state index in [9.17, 15) is 9.59 Å². The molecule has 130 valence electrons. The topological polar surface area (TPSA) is 61.4 Å². The lowest BCUT2D eigenvalue weighted by atomic mass is 10.2. The van der Waals surface area contributed by atoms with Crippen molar-refractivity contribution in [2.24, 2.45) is 0 Å². The smallest absolute Gasteiger partial charge is 0.251 e. The maximum Gasteiger partial charge on any atom is 0.251 e. The second-order valence-corrected chi connectivity index (χ2v) is 6.55. The van der Waals surface area contributed by atoms with E-state index in [2.05, 4.69) is 27.7 Å². The van der Waals surface area contributed by atoms with Crippen LogP contribution in [-0.4, -0.2) is 30.9 Å². The Morgan fingerprint density at radius 3 is 2.52 bits per heavy atom. The first kappa shape index (κ1) is 17.0. The molecule has 0 radical (unpaired) electrons. The lowest BCUT2D eigenvalue weighted by molar-refractivity contribution is -0.115. The van der Waals surface area contributed by atoms with Crippen molar-refractivity contribution >= 4 is 23.2 Å². The highest BCUT2D eigenvalue weighted by Gasteiger charge is 2.20. The minimum Gasteiger partial charge on any atom is -0.362 e. The molecule has 5 nitrogen and oxygen atoms in total. The first-order chi connectivity index (χ1) is 12.0. The third-order valence-corrected chi connectivity index (χ3v) is 4.17. The van der Waals surface area contributed by atoms with E-state index < -0.39 is 0 Å². The van der Waals surface area contributed by atoms with Crippen LogP contribution in [0.2, 0.25) is 0 Å². The molecule has 0 bridgehead atoms. The largest absolute Gasteiger partial charge is 0.362 e. The molecule has 3 rings (SSSR count). The maximum atomic E-state index is 12.3. The number of benzene rings is 2. The van der Waals surface area contributed by atoms with Crippen LogP contribution in [0, 0.1) is 0 Å². The number of nitrogens with zero attached hydrogens (tertiary/aromatic N) is 1. The van der Waals surface area contributed by atoms with E-state index in [0.717, 1.165) is 18.7 Å². The summed E-state index contributed by atoms with van der Waals surface area (Å²) < 4.78 is 0. The van der Waals surface area contributed by atoms with E-state index in [0.29, 0.717) is 17.8 Å². The number of hydrogen-bond donors (Lipinski definition) is 2. The zero-order chi connectivity index (χ0) is 17.8. The quantitative estimate of drug-likeness (QED) is 0.882. The van der Waals surface area contributed by atoms with E-state index in [1.54, 1.807) is 24.3 Å². The second-order valence-electron chi connectivity index (χ2n) is 6.55. The number of anilines is 2. The fraction of sp³-hybridized carbons (Fsp3) is 0.300. The predicted octanol–water partition coefficient (Wildman–Crippen LogP) is 2.83. The Bertz CT molecular complexity index is 769. The fourth-order valence-corrected chi connectivity index (χ4v) is 3.00. The van der Waals surface area contributed by atoms with Crippen molar-refractivity contribution in [3.8, 4) is 0 Å². The van der Waals surface area contributed by atoms with Crippen molar-refractivity contribution in [1.82, 2.24) is 5.32 Å². The SMILES string of the molecule is CC(C)NC(=O)c1ccc(NC(=O)CN2CCc3ccccc32)cc1. The van der Waals surface area contributed by atoms with Gasteiger partial charge in [-0.2, -0.15) is 0 Å². The molecule has 0 spiro atoms. The average molecular weight is 337 g/mol. The number of amides is 2. The molecule has 0 fully saturated rings. The average Bonchev–Trinajstić information content (AvgIpc) is 2.98. The Kier molecular flexibility index (Phi) is 5.03. The molecule has 1 aliphatic heterocycles. The molecule has 5 heteroatoms. The van der Waals surface area contributed by atoms with Gasteiger partial charge in [-0.25, -0.2) is 0 Å². The van der Waals surface area contributed by atoms with E-state index in [-0.39, 0.29) is 17.9 Å². The highest BCUT2D eigenvalue weighted by atomic mass is 16.2. The number of para-hydroxylation sites is 1. The van der Waals surface area contributed by atoms with Gasteiger partial charge in [-0.05, 0) is 56.2 Å². The number of hydrogen-bond acceptors (Lipinski definition) is 3. The van der Waals surface area contributed by atoms with Crippen LogP contribution in [0.5, 0.6) is 0 Å². The second kappa shape index (κ2) is 7.38. The summed E-state index contributed by atoms with van der Waals surface area (Å²) in [6.45, 7) is 5.03. The van der Waals surface area contributed by atoms with Gasteiger partial charge in [0.25, 0.3) is 5.91 Å². The Morgan fingerprint density at radius 1 is 1.08 bits per heavy atom. The minimum atomic E-state index is -0.110. The standard InChI is InChI=1S/C20H23N3O2/c1-14(2)21-20(25)16-7-9-17(10-8-16)22-19(24)13-23-12-11-15-5-3-4-6-18(15)23/h3-10,14H,11-13H2,1-2H3,(H,21,25)(H,22,24). The molecule has 1 aliphatic rings. The molecular formula is C20H23N3O2. The molecule has 25 heavy (non-hydrogen) atoms. The van der Waals surface area contributed by atoms with E-state index in [4.69, 9.17) is 0 Å². The summed E-state index contributed by atoms with van der Waals surface area (Å²) in [5, 5.41) is 5.74. The van der Waals surface area contributed by atoms with Gasteiger partial charge in [0.05, 0.1) is 6.54 Å². The first-order valence-corrected chi connectivity index (χ1v) is 8.56. The normalized spacial score (nSPS) is 12.8. The summed E-state index contributed by atoms with van der Waals surface area (Å²) in [5.41, 5.74) is 3.70. The van der Waals surface area contributed by atoms with Crippen molar-refractivity contribution in [2.75, 3.05) is 23.3 Å². The highest BCUT2D eigenvalue weighted by molar-refractivity contribution is 5.97. The zero-order valence-corrected chi connectivity index (χ0v) is 14.6. The Balaban J connectivity index is 1.58. The summed E-state index contributed by atoms with van der Waals surface area (Å²) in [5.74, 6) is -0.169. The fourth-order valence-electron chi connectivity index (χ4n) is 3.00. The van der Waals surface area contributed by atoms with Crippen LogP contribution in [0.15, 0.2) is 48.5 Å². The molecule has 1 heterocycles. The predicted molar refractivity (Wildman–Crippen MR) is 100 cm³/mol. The van der Waals surface area contributed by atoms with Crippen molar-refractivity contribution in [1.29, 1.82) is 0 Å². The summed E-state index contributed by atoms with van der Waals surface area (Å²) >= 11 is 0. The third kappa shape index (κ3) is 4.18. The molecule has 0 saturated heterocycles. The van der Waals surface area contributed by atoms with Crippen LogP contribution < -0.4 is 15.5 Å². The van der Waals surface area contributed by atoms with E-state index >= 15 is 0 Å². The molecule has 2 aromatic rings. The van der Waals surface area contributed by atoms with Gasteiger partial charge in [-0.1, -0.05) is 18.2 Å². The Morgan fingerprint density at radius 2 is 1.80 bits per heavy atom. The van der Waals surface area contributed by atoms with Crippen molar-refractivity contribution < 1.29 is 9.59 Å². The number of carbonyl (C=O) groups is 2. The number of carbonyl (C=O) groups excluding carboxylic acids is 2. The van der Waals surface area contributed by atoms with Gasteiger partial charge in [-0.3, -0.25) is 9.59 Å². The van der Waals surface area contributed by atoms with Crippen molar-refractivity contribution in [3.63, 3.8) is 0 Å². The lowest BCUT2D eigenvalue weighted by Gasteiger charge is -2.18. The van der Waals surface area contributed by atoms with Gasteiger partial charge >= 0.3 is 0 Å². The monoisotopic (exact) mass is 337 g/mol. The third-order valence-electron chi connectivity index (χ3n) is 4.17. The highest BCUT2D eigenvalue weighted by Crippen LogP contribution is 2.27. The van der Waals surface area contributed by atoms with Gasteiger partial charge in [0.15, 0.2) is 0 Å². The van der Waals surface area contributed by atoms with Crippen LogP contribution in [0.4, 0.5) is 11.4 Å². The summed E-state index contributed by atoms with van der Waals surface area (Å²) in [6.07, 6.45) is 0.975. The molecule has 2 amide bonds. The summed E-state index contributed by atoms with van der Waals surface area (Å²) in [6, 6.07) is 15.2. The number of nitrogens with one attached hydrogen (secondary N) is 2. The van der Waals surface area contributed by atoms with Crippen molar-refractivity contribution in [2.45, 2.75) is 26.3 Å². The van der Waals surface area contributed by atoms with Gasteiger partial charge < -0.3 is 15.5 Å². The molecule has 2 aromatic carbocycles.